The Bertz CT molecular complexity index is 590. The summed E-state index contributed by atoms with van der Waals surface area (Å²) in [5, 5.41) is 0. The second kappa shape index (κ2) is 3.70. The van der Waals surface area contributed by atoms with Crippen LogP contribution in [0, 0.1) is 11.3 Å². The van der Waals surface area contributed by atoms with E-state index in [0.717, 1.165) is 0 Å². The number of hydrogen-bond donors (Lipinski definition) is 0. The standard InChI is InChI=1S/C16H16O4/c1-15-8-12(17)11(16(15)9-19-16)7-13(15)20-14(18)10-5-3-2-4-6-10/h2-6,11,13H,7-9H2,1H3. The second-order valence-corrected chi connectivity index (χ2v) is 6.29. The first-order chi connectivity index (χ1) is 9.57. The minimum absolute atomic E-state index is 0.0823. The molecular formula is C16H16O4. The quantitative estimate of drug-likeness (QED) is 0.610. The van der Waals surface area contributed by atoms with E-state index >= 15 is 0 Å². The smallest absolute Gasteiger partial charge is 0.338 e. The number of epoxide rings is 1. The lowest BCUT2D eigenvalue weighted by Crippen LogP contribution is -2.39. The minimum Gasteiger partial charge on any atom is -0.458 e. The van der Waals surface area contributed by atoms with Crippen LogP contribution in [-0.2, 0) is 14.3 Å². The molecule has 3 aliphatic rings. The Kier molecular flexibility index (Phi) is 2.24. The van der Waals surface area contributed by atoms with Crippen LogP contribution >= 0.6 is 0 Å². The van der Waals surface area contributed by atoms with Crippen molar-refractivity contribution >= 4 is 11.8 Å². The summed E-state index contributed by atoms with van der Waals surface area (Å²) < 4.78 is 11.3. The van der Waals surface area contributed by atoms with E-state index in [2.05, 4.69) is 0 Å². The molecule has 1 aliphatic heterocycles. The fraction of sp³-hybridized carbons (Fsp3) is 0.500. The third kappa shape index (κ3) is 1.35. The number of Topliss-reactive ketones (excluding diaryl/α,β-unsaturated/α-hetero) is 1. The maximum Gasteiger partial charge on any atom is 0.338 e. The van der Waals surface area contributed by atoms with E-state index in [0.29, 0.717) is 25.0 Å². The number of carbonyl (C=O) groups is 2. The van der Waals surface area contributed by atoms with Gasteiger partial charge in [0.05, 0.1) is 18.1 Å². The summed E-state index contributed by atoms with van der Waals surface area (Å²) in [7, 11) is 0. The van der Waals surface area contributed by atoms with Crippen LogP contribution < -0.4 is 0 Å². The molecule has 1 saturated heterocycles. The first kappa shape index (κ1) is 12.1. The molecule has 20 heavy (non-hydrogen) atoms. The Morgan fingerprint density at radius 2 is 2.05 bits per heavy atom. The van der Waals surface area contributed by atoms with Gasteiger partial charge in [0.1, 0.15) is 17.5 Å². The van der Waals surface area contributed by atoms with Gasteiger partial charge in [0.15, 0.2) is 0 Å². The minimum atomic E-state index is -0.348. The van der Waals surface area contributed by atoms with Gasteiger partial charge >= 0.3 is 5.97 Å². The Morgan fingerprint density at radius 3 is 2.65 bits per heavy atom. The molecule has 4 unspecified atom stereocenters. The van der Waals surface area contributed by atoms with Crippen LogP contribution in [0.25, 0.3) is 0 Å². The molecule has 1 aromatic rings. The van der Waals surface area contributed by atoms with Crippen molar-refractivity contribution in [2.75, 3.05) is 6.61 Å². The van der Waals surface area contributed by atoms with Gasteiger partial charge in [-0.15, -0.1) is 0 Å². The highest BCUT2D eigenvalue weighted by Gasteiger charge is 2.78. The SMILES string of the molecule is CC12CC(=O)C(CC1OC(=O)c1ccccc1)C21CO1. The van der Waals surface area contributed by atoms with E-state index in [1.165, 1.54) is 0 Å². The number of esters is 1. The fourth-order valence-corrected chi connectivity index (χ4v) is 4.03. The largest absolute Gasteiger partial charge is 0.458 e. The highest BCUT2D eigenvalue weighted by molar-refractivity contribution is 5.91. The normalized spacial score (nSPS) is 41.1. The number of ketones is 1. The second-order valence-electron chi connectivity index (χ2n) is 6.29. The van der Waals surface area contributed by atoms with Crippen molar-refractivity contribution in [3.8, 4) is 0 Å². The van der Waals surface area contributed by atoms with Gasteiger partial charge in [-0.2, -0.15) is 0 Å². The van der Waals surface area contributed by atoms with Crippen molar-refractivity contribution < 1.29 is 19.1 Å². The van der Waals surface area contributed by atoms with Gasteiger partial charge in [0.2, 0.25) is 0 Å². The highest BCUT2D eigenvalue weighted by atomic mass is 16.6. The molecule has 1 aromatic carbocycles. The van der Waals surface area contributed by atoms with Gasteiger partial charge in [0, 0.05) is 11.8 Å². The van der Waals surface area contributed by atoms with Gasteiger partial charge in [-0.3, -0.25) is 4.79 Å². The average molecular weight is 272 g/mol. The van der Waals surface area contributed by atoms with Crippen LogP contribution in [0.5, 0.6) is 0 Å². The van der Waals surface area contributed by atoms with Gasteiger partial charge in [-0.1, -0.05) is 25.1 Å². The molecule has 104 valence electrons. The molecule has 2 aliphatic carbocycles. The van der Waals surface area contributed by atoms with E-state index in [4.69, 9.17) is 9.47 Å². The molecule has 4 nitrogen and oxygen atoms in total. The summed E-state index contributed by atoms with van der Waals surface area (Å²) in [5.74, 6) is -0.134. The molecule has 4 atom stereocenters. The molecule has 0 amide bonds. The molecular weight excluding hydrogens is 256 g/mol. The fourth-order valence-electron chi connectivity index (χ4n) is 4.03. The summed E-state index contributed by atoms with van der Waals surface area (Å²) in [4.78, 5) is 24.2. The summed E-state index contributed by atoms with van der Waals surface area (Å²) >= 11 is 0. The maximum absolute atomic E-state index is 12.2. The summed E-state index contributed by atoms with van der Waals surface area (Å²) in [6.45, 7) is 2.65. The number of benzene rings is 1. The molecule has 2 bridgehead atoms. The third-order valence-corrected chi connectivity index (χ3v) is 5.33. The Morgan fingerprint density at radius 1 is 1.35 bits per heavy atom. The number of ether oxygens (including phenoxy) is 2. The monoisotopic (exact) mass is 272 g/mol. The lowest BCUT2D eigenvalue weighted by Gasteiger charge is -2.31. The average Bonchev–Trinajstić information content (AvgIpc) is 3.17. The van der Waals surface area contributed by atoms with Gasteiger partial charge in [-0.25, -0.2) is 4.79 Å². The highest BCUT2D eigenvalue weighted by Crippen LogP contribution is 2.67. The Balaban J connectivity index is 1.57. The van der Waals surface area contributed by atoms with E-state index in [1.807, 2.05) is 25.1 Å². The van der Waals surface area contributed by atoms with Gasteiger partial charge < -0.3 is 9.47 Å². The van der Waals surface area contributed by atoms with E-state index in [9.17, 15) is 9.59 Å². The van der Waals surface area contributed by atoms with Crippen LogP contribution in [0.15, 0.2) is 30.3 Å². The molecule has 0 radical (unpaired) electrons. The molecule has 1 spiro atoms. The zero-order valence-corrected chi connectivity index (χ0v) is 11.3. The van der Waals surface area contributed by atoms with Gasteiger partial charge in [-0.05, 0) is 18.6 Å². The first-order valence-electron chi connectivity index (χ1n) is 6.99. The van der Waals surface area contributed by atoms with Crippen molar-refractivity contribution in [1.82, 2.24) is 0 Å². The zero-order valence-electron chi connectivity index (χ0n) is 11.3. The topological polar surface area (TPSA) is 55.9 Å². The molecule has 0 aromatic heterocycles. The molecule has 3 fully saturated rings. The summed E-state index contributed by atoms with van der Waals surface area (Å²) in [6, 6.07) is 8.97. The molecule has 2 saturated carbocycles. The lowest BCUT2D eigenvalue weighted by molar-refractivity contribution is -0.125. The van der Waals surface area contributed by atoms with E-state index < -0.39 is 0 Å². The van der Waals surface area contributed by atoms with Crippen molar-refractivity contribution in [2.45, 2.75) is 31.5 Å². The van der Waals surface area contributed by atoms with Crippen molar-refractivity contribution in [3.63, 3.8) is 0 Å². The molecule has 1 heterocycles. The van der Waals surface area contributed by atoms with Crippen molar-refractivity contribution in [2.24, 2.45) is 11.3 Å². The predicted octanol–water partition coefficient (Wildman–Crippen LogP) is 1.98. The Labute approximate surface area is 117 Å². The van der Waals surface area contributed by atoms with Crippen LogP contribution in [0.3, 0.4) is 0 Å². The van der Waals surface area contributed by atoms with Crippen LogP contribution in [0.1, 0.15) is 30.1 Å². The third-order valence-electron chi connectivity index (χ3n) is 5.33. The van der Waals surface area contributed by atoms with Crippen molar-refractivity contribution in [3.05, 3.63) is 35.9 Å². The number of hydrogen-bond acceptors (Lipinski definition) is 4. The van der Waals surface area contributed by atoms with Crippen LogP contribution in [0.2, 0.25) is 0 Å². The summed E-state index contributed by atoms with van der Waals surface area (Å²) in [6.07, 6.45) is 0.846. The van der Waals surface area contributed by atoms with Crippen LogP contribution in [-0.4, -0.2) is 30.1 Å². The molecule has 4 heteroatoms. The lowest BCUT2D eigenvalue weighted by atomic mass is 9.79. The van der Waals surface area contributed by atoms with Gasteiger partial charge in [0.25, 0.3) is 0 Å². The van der Waals surface area contributed by atoms with Crippen molar-refractivity contribution in [1.29, 1.82) is 0 Å². The zero-order chi connectivity index (χ0) is 14.0. The molecule has 0 N–H and O–H groups in total. The molecule has 4 rings (SSSR count). The first-order valence-corrected chi connectivity index (χ1v) is 6.99. The van der Waals surface area contributed by atoms with E-state index in [-0.39, 0.29) is 34.8 Å². The van der Waals surface area contributed by atoms with Crippen LogP contribution in [0.4, 0.5) is 0 Å². The summed E-state index contributed by atoms with van der Waals surface area (Å²) in [5.41, 5.74) is -0.138. The number of rotatable bonds is 2. The number of carbonyl (C=O) groups excluding carboxylic acids is 2. The Hall–Kier alpha value is -1.68. The van der Waals surface area contributed by atoms with E-state index in [1.54, 1.807) is 12.1 Å². The maximum atomic E-state index is 12.2. The predicted molar refractivity (Wildman–Crippen MR) is 70.2 cm³/mol.